The monoisotopic (exact) mass is 548 g/mol. The first-order valence-corrected chi connectivity index (χ1v) is 11.2. The van der Waals surface area contributed by atoms with Crippen molar-refractivity contribution in [1.82, 2.24) is 15.1 Å². The van der Waals surface area contributed by atoms with Gasteiger partial charge in [-0.15, -0.1) is 24.0 Å². The number of piperidine rings is 1. The van der Waals surface area contributed by atoms with E-state index in [4.69, 9.17) is 9.47 Å². The van der Waals surface area contributed by atoms with Gasteiger partial charge in [0.1, 0.15) is 5.82 Å². The maximum atomic E-state index is 13.7. The zero-order valence-corrected chi connectivity index (χ0v) is 21.4. The first-order valence-electron chi connectivity index (χ1n) is 11.2. The fourth-order valence-electron chi connectivity index (χ4n) is 4.25. The van der Waals surface area contributed by atoms with Crippen LogP contribution in [-0.2, 0) is 9.47 Å². The number of ether oxygens (including phenoxy) is 2. The number of nitrogens with zero attached hydrogens (tertiary/aromatic N) is 3. The lowest BCUT2D eigenvalue weighted by atomic mass is 10.1. The van der Waals surface area contributed by atoms with Crippen LogP contribution in [-0.4, -0.2) is 82.0 Å². The van der Waals surface area contributed by atoms with Gasteiger partial charge in [0.05, 0.1) is 24.9 Å². The van der Waals surface area contributed by atoms with E-state index in [1.165, 1.54) is 18.9 Å². The zero-order chi connectivity index (χ0) is 21.3. The normalized spacial score (nSPS) is 21.6. The summed E-state index contributed by atoms with van der Waals surface area (Å²) in [5.74, 6) is 0.691. The second kappa shape index (κ2) is 13.5. The van der Waals surface area contributed by atoms with Crippen LogP contribution in [0.4, 0.5) is 4.39 Å². The quantitative estimate of drug-likeness (QED) is 0.320. The van der Waals surface area contributed by atoms with Crippen molar-refractivity contribution in [3.63, 3.8) is 0 Å². The van der Waals surface area contributed by atoms with Gasteiger partial charge in [-0.2, -0.15) is 0 Å². The Morgan fingerprint density at radius 1 is 1.29 bits per heavy atom. The molecule has 1 aromatic rings. The van der Waals surface area contributed by atoms with Crippen LogP contribution in [0.2, 0.25) is 0 Å². The average Bonchev–Trinajstić information content (AvgIpc) is 2.76. The van der Waals surface area contributed by atoms with Crippen LogP contribution < -0.4 is 5.32 Å². The molecular formula is C23H38FIN4O2. The predicted octanol–water partition coefficient (Wildman–Crippen LogP) is 3.67. The first kappa shape index (κ1) is 26.3. The van der Waals surface area contributed by atoms with Crippen LogP contribution in [0, 0.1) is 5.82 Å². The molecule has 2 aliphatic rings. The Hall–Kier alpha value is -0.970. The summed E-state index contributed by atoms with van der Waals surface area (Å²) in [6.45, 7) is 4.09. The molecule has 2 aliphatic heterocycles. The minimum Gasteiger partial charge on any atom is -0.376 e. The van der Waals surface area contributed by atoms with E-state index in [1.54, 1.807) is 12.1 Å². The summed E-state index contributed by atoms with van der Waals surface area (Å²) in [7, 11) is 5.84. The molecule has 2 unspecified atom stereocenters. The first-order chi connectivity index (χ1) is 14.6. The van der Waals surface area contributed by atoms with Crippen molar-refractivity contribution in [3.05, 3.63) is 35.6 Å². The maximum absolute atomic E-state index is 13.7. The van der Waals surface area contributed by atoms with Gasteiger partial charge in [-0.05, 0) is 63.9 Å². The molecule has 1 aromatic carbocycles. The summed E-state index contributed by atoms with van der Waals surface area (Å²) in [4.78, 5) is 8.86. The summed E-state index contributed by atoms with van der Waals surface area (Å²) in [6.07, 6.45) is 6.10. The van der Waals surface area contributed by atoms with E-state index in [1.807, 2.05) is 27.2 Å². The van der Waals surface area contributed by atoms with Gasteiger partial charge in [0.2, 0.25) is 0 Å². The molecule has 31 heavy (non-hydrogen) atoms. The van der Waals surface area contributed by atoms with E-state index in [9.17, 15) is 4.39 Å². The van der Waals surface area contributed by atoms with E-state index in [0.717, 1.165) is 57.1 Å². The summed E-state index contributed by atoms with van der Waals surface area (Å²) in [5, 5.41) is 3.49. The Balaban J connectivity index is 0.00000341. The zero-order valence-electron chi connectivity index (χ0n) is 19.1. The second-order valence-electron chi connectivity index (χ2n) is 8.47. The van der Waals surface area contributed by atoms with Crippen LogP contribution >= 0.6 is 24.0 Å². The lowest BCUT2D eigenvalue weighted by Crippen LogP contribution is -2.48. The molecule has 0 bridgehead atoms. The Bertz CT molecular complexity index is 677. The highest BCUT2D eigenvalue weighted by atomic mass is 127. The third kappa shape index (κ3) is 8.14. The van der Waals surface area contributed by atoms with E-state index < -0.39 is 0 Å². The van der Waals surface area contributed by atoms with E-state index in [0.29, 0.717) is 12.6 Å². The SMILES string of the molecule is CN=C(NCC(c1cccc(F)c1)N(C)C)N1CCC(OCC2CCCCO2)CC1.I. The standard InChI is InChI=1S/C23H37FN4O2.HI/c1-25-23(26-16-22(27(2)3)18-7-6-8-19(24)15-18)28-12-10-20(11-13-28)30-17-21-9-4-5-14-29-21;/h6-8,15,20-22H,4-5,9-14,16-17H2,1-3H3,(H,25,26);1H. The number of hydrogen-bond acceptors (Lipinski definition) is 4. The molecule has 0 saturated carbocycles. The number of hydrogen-bond donors (Lipinski definition) is 1. The van der Waals surface area contributed by atoms with Gasteiger partial charge in [-0.3, -0.25) is 4.99 Å². The predicted molar refractivity (Wildman–Crippen MR) is 134 cm³/mol. The lowest BCUT2D eigenvalue weighted by Gasteiger charge is -2.36. The fraction of sp³-hybridized carbons (Fsp3) is 0.696. The van der Waals surface area contributed by atoms with Gasteiger partial charge in [-0.25, -0.2) is 4.39 Å². The van der Waals surface area contributed by atoms with Crippen LogP contribution in [0.3, 0.4) is 0 Å². The summed E-state index contributed by atoms with van der Waals surface area (Å²) in [6, 6.07) is 6.88. The number of benzene rings is 1. The van der Waals surface area contributed by atoms with Crippen molar-refractivity contribution in [2.24, 2.45) is 4.99 Å². The molecule has 2 saturated heterocycles. The number of guanidine groups is 1. The lowest BCUT2D eigenvalue weighted by molar-refractivity contribution is -0.0721. The Morgan fingerprint density at radius 3 is 2.68 bits per heavy atom. The van der Waals surface area contributed by atoms with E-state index in [2.05, 4.69) is 20.1 Å². The topological polar surface area (TPSA) is 49.3 Å². The van der Waals surface area contributed by atoms with Crippen LogP contribution in [0.5, 0.6) is 0 Å². The number of nitrogens with one attached hydrogen (secondary N) is 1. The third-order valence-corrected chi connectivity index (χ3v) is 6.06. The van der Waals surface area contributed by atoms with Gasteiger partial charge >= 0.3 is 0 Å². The highest BCUT2D eigenvalue weighted by molar-refractivity contribution is 14.0. The van der Waals surface area contributed by atoms with Crippen molar-refractivity contribution in [2.75, 3.05) is 54.0 Å². The molecule has 2 heterocycles. The minimum absolute atomic E-state index is 0. The van der Waals surface area contributed by atoms with Crippen molar-refractivity contribution in [3.8, 4) is 0 Å². The summed E-state index contributed by atoms with van der Waals surface area (Å²) >= 11 is 0. The molecule has 0 radical (unpaired) electrons. The number of rotatable bonds is 7. The smallest absolute Gasteiger partial charge is 0.193 e. The molecule has 6 nitrogen and oxygen atoms in total. The number of aliphatic imine (C=N–C) groups is 1. The maximum Gasteiger partial charge on any atom is 0.193 e. The summed E-state index contributed by atoms with van der Waals surface area (Å²) in [5.41, 5.74) is 0.958. The molecule has 0 spiro atoms. The van der Waals surface area contributed by atoms with Gasteiger partial charge in [0, 0.05) is 33.3 Å². The molecule has 8 heteroatoms. The molecule has 0 aliphatic carbocycles. The van der Waals surface area contributed by atoms with Gasteiger partial charge in [0.25, 0.3) is 0 Å². The highest BCUT2D eigenvalue weighted by Gasteiger charge is 2.24. The Morgan fingerprint density at radius 2 is 2.06 bits per heavy atom. The van der Waals surface area contributed by atoms with Gasteiger partial charge < -0.3 is 24.6 Å². The molecule has 3 rings (SSSR count). The van der Waals surface area contributed by atoms with Crippen molar-refractivity contribution < 1.29 is 13.9 Å². The van der Waals surface area contributed by atoms with Gasteiger partial charge in [0.15, 0.2) is 5.96 Å². The molecule has 2 atom stereocenters. The van der Waals surface area contributed by atoms with Crippen molar-refractivity contribution in [2.45, 2.75) is 50.4 Å². The van der Waals surface area contributed by atoms with Crippen molar-refractivity contribution in [1.29, 1.82) is 0 Å². The van der Waals surface area contributed by atoms with E-state index >= 15 is 0 Å². The Kier molecular flexibility index (Phi) is 11.5. The number of halogens is 2. The Labute approximate surface area is 203 Å². The second-order valence-corrected chi connectivity index (χ2v) is 8.47. The molecular weight excluding hydrogens is 510 g/mol. The third-order valence-electron chi connectivity index (χ3n) is 6.06. The molecule has 1 N–H and O–H groups in total. The van der Waals surface area contributed by atoms with Crippen LogP contribution in [0.15, 0.2) is 29.3 Å². The molecule has 0 amide bonds. The number of likely N-dealkylation sites (tertiary alicyclic amines) is 1. The average molecular weight is 548 g/mol. The minimum atomic E-state index is -0.204. The fourth-order valence-corrected chi connectivity index (χ4v) is 4.25. The van der Waals surface area contributed by atoms with Crippen molar-refractivity contribution >= 4 is 29.9 Å². The van der Waals surface area contributed by atoms with Crippen LogP contribution in [0.1, 0.15) is 43.7 Å². The van der Waals surface area contributed by atoms with Gasteiger partial charge in [-0.1, -0.05) is 12.1 Å². The number of likely N-dealkylation sites (N-methyl/N-ethyl adjacent to an activating group) is 1. The summed E-state index contributed by atoms with van der Waals surface area (Å²) < 4.78 is 25.6. The molecule has 176 valence electrons. The van der Waals surface area contributed by atoms with E-state index in [-0.39, 0.29) is 41.9 Å². The highest BCUT2D eigenvalue weighted by Crippen LogP contribution is 2.20. The molecule has 0 aromatic heterocycles. The molecule has 2 fully saturated rings. The largest absolute Gasteiger partial charge is 0.376 e. The van der Waals surface area contributed by atoms with Crippen LogP contribution in [0.25, 0.3) is 0 Å².